The molecule has 0 bridgehead atoms. The minimum absolute atomic E-state index is 0.0968. The highest BCUT2D eigenvalue weighted by Gasteiger charge is 2.26. The van der Waals surface area contributed by atoms with Crippen LogP contribution in [-0.2, 0) is 11.2 Å². The third-order valence-electron chi connectivity index (χ3n) is 4.48. The molecule has 4 heteroatoms. The lowest BCUT2D eigenvalue weighted by molar-refractivity contribution is -0.123. The Kier molecular flexibility index (Phi) is 3.92. The van der Waals surface area contributed by atoms with Gasteiger partial charge in [0.1, 0.15) is 6.04 Å². The van der Waals surface area contributed by atoms with E-state index >= 15 is 0 Å². The largest absolute Gasteiger partial charge is 0.373 e. The molecule has 1 fully saturated rings. The molecule has 2 aliphatic rings. The fourth-order valence-corrected chi connectivity index (χ4v) is 3.20. The van der Waals surface area contributed by atoms with Gasteiger partial charge in [-0.15, -0.1) is 0 Å². The summed E-state index contributed by atoms with van der Waals surface area (Å²) in [6, 6.07) is 8.76. The third kappa shape index (κ3) is 2.96. The molecule has 1 atom stereocenters. The number of fused-ring (bicyclic) bond motifs is 1. The van der Waals surface area contributed by atoms with E-state index in [0.29, 0.717) is 12.1 Å². The van der Waals surface area contributed by atoms with Crippen molar-refractivity contribution in [3.63, 3.8) is 0 Å². The Labute approximate surface area is 120 Å². The molecule has 1 heterocycles. The summed E-state index contributed by atoms with van der Waals surface area (Å²) < 4.78 is 0. The molecular formula is C16H23N3O. The highest BCUT2D eigenvalue weighted by atomic mass is 16.2. The van der Waals surface area contributed by atoms with Crippen molar-refractivity contribution in [1.82, 2.24) is 5.32 Å². The van der Waals surface area contributed by atoms with Crippen molar-refractivity contribution in [2.75, 3.05) is 5.32 Å². The predicted octanol–water partition coefficient (Wildman–Crippen LogP) is 1.80. The molecule has 20 heavy (non-hydrogen) atoms. The molecule has 108 valence electrons. The lowest BCUT2D eigenvalue weighted by Gasteiger charge is -2.31. The van der Waals surface area contributed by atoms with Crippen molar-refractivity contribution in [3.05, 3.63) is 29.8 Å². The van der Waals surface area contributed by atoms with Crippen LogP contribution < -0.4 is 16.4 Å². The maximum atomic E-state index is 12.4. The highest BCUT2D eigenvalue weighted by molar-refractivity contribution is 5.85. The predicted molar refractivity (Wildman–Crippen MR) is 80.5 cm³/mol. The minimum atomic E-state index is -0.0968. The second kappa shape index (κ2) is 5.83. The first-order chi connectivity index (χ1) is 9.72. The van der Waals surface area contributed by atoms with Gasteiger partial charge in [0.25, 0.3) is 0 Å². The first-order valence-electron chi connectivity index (χ1n) is 7.63. The maximum absolute atomic E-state index is 12.4. The second-order valence-corrected chi connectivity index (χ2v) is 6.01. The lowest BCUT2D eigenvalue weighted by Crippen LogP contribution is -2.47. The van der Waals surface area contributed by atoms with Crippen molar-refractivity contribution in [2.45, 2.75) is 56.7 Å². The van der Waals surface area contributed by atoms with Gasteiger partial charge in [0.05, 0.1) is 0 Å². The zero-order chi connectivity index (χ0) is 13.9. The molecule has 1 saturated carbocycles. The number of hydrogen-bond donors (Lipinski definition) is 3. The Bertz CT molecular complexity index is 480. The van der Waals surface area contributed by atoms with E-state index in [1.807, 2.05) is 12.1 Å². The van der Waals surface area contributed by atoms with E-state index in [9.17, 15) is 4.79 Å². The smallest absolute Gasteiger partial charge is 0.242 e. The van der Waals surface area contributed by atoms with Crippen LogP contribution in [0.1, 0.15) is 37.7 Å². The molecular weight excluding hydrogens is 250 g/mol. The van der Waals surface area contributed by atoms with Crippen LogP contribution in [0.2, 0.25) is 0 Å². The van der Waals surface area contributed by atoms with Crippen molar-refractivity contribution in [2.24, 2.45) is 5.73 Å². The molecule has 3 rings (SSSR count). The van der Waals surface area contributed by atoms with Gasteiger partial charge in [0.15, 0.2) is 0 Å². The standard InChI is InChI=1S/C16H23N3O/c17-12-6-8-13(9-7-12)18-16(20)15-10-5-11-3-1-2-4-14(11)19-15/h1-4,12-13,15,19H,5-10,17H2,(H,18,20)/t12?,13?,15-/m1/s1. The van der Waals surface area contributed by atoms with E-state index in [2.05, 4.69) is 22.8 Å². The van der Waals surface area contributed by atoms with E-state index in [1.54, 1.807) is 0 Å². The summed E-state index contributed by atoms with van der Waals surface area (Å²) in [6.45, 7) is 0. The monoisotopic (exact) mass is 273 g/mol. The van der Waals surface area contributed by atoms with Gasteiger partial charge in [-0.3, -0.25) is 4.79 Å². The van der Waals surface area contributed by atoms with Gasteiger partial charge in [-0.1, -0.05) is 18.2 Å². The molecule has 0 spiro atoms. The van der Waals surface area contributed by atoms with Crippen molar-refractivity contribution in [3.8, 4) is 0 Å². The summed E-state index contributed by atoms with van der Waals surface area (Å²) >= 11 is 0. The van der Waals surface area contributed by atoms with Crippen LogP contribution in [0.5, 0.6) is 0 Å². The molecule has 1 aliphatic heterocycles. The Morgan fingerprint density at radius 3 is 2.70 bits per heavy atom. The molecule has 0 radical (unpaired) electrons. The molecule has 1 aliphatic carbocycles. The average molecular weight is 273 g/mol. The van der Waals surface area contributed by atoms with E-state index in [1.165, 1.54) is 5.56 Å². The number of anilines is 1. The topological polar surface area (TPSA) is 67.1 Å². The van der Waals surface area contributed by atoms with Crippen LogP contribution in [0.15, 0.2) is 24.3 Å². The number of para-hydroxylation sites is 1. The number of aryl methyl sites for hydroxylation is 1. The van der Waals surface area contributed by atoms with Crippen LogP contribution in [0.3, 0.4) is 0 Å². The molecule has 0 saturated heterocycles. The minimum Gasteiger partial charge on any atom is -0.373 e. The lowest BCUT2D eigenvalue weighted by atomic mass is 9.91. The Morgan fingerprint density at radius 2 is 1.90 bits per heavy atom. The van der Waals surface area contributed by atoms with Crippen molar-refractivity contribution < 1.29 is 4.79 Å². The SMILES string of the molecule is NC1CCC(NC(=O)[C@H]2CCc3ccccc3N2)CC1. The number of amides is 1. The summed E-state index contributed by atoms with van der Waals surface area (Å²) in [7, 11) is 0. The van der Waals surface area contributed by atoms with E-state index in [0.717, 1.165) is 44.2 Å². The van der Waals surface area contributed by atoms with Gasteiger partial charge in [0.2, 0.25) is 5.91 Å². The quantitative estimate of drug-likeness (QED) is 0.769. The van der Waals surface area contributed by atoms with Gasteiger partial charge in [0, 0.05) is 17.8 Å². The first-order valence-corrected chi connectivity index (χ1v) is 7.63. The molecule has 1 aromatic carbocycles. The highest BCUT2D eigenvalue weighted by Crippen LogP contribution is 2.25. The first kappa shape index (κ1) is 13.4. The fourth-order valence-electron chi connectivity index (χ4n) is 3.20. The third-order valence-corrected chi connectivity index (χ3v) is 4.48. The number of rotatable bonds is 2. The van der Waals surface area contributed by atoms with E-state index in [-0.39, 0.29) is 11.9 Å². The van der Waals surface area contributed by atoms with Gasteiger partial charge in [-0.2, -0.15) is 0 Å². The summed E-state index contributed by atoms with van der Waals surface area (Å²) in [5, 5.41) is 6.54. The number of nitrogens with two attached hydrogens (primary N) is 1. The number of nitrogens with one attached hydrogen (secondary N) is 2. The fraction of sp³-hybridized carbons (Fsp3) is 0.562. The van der Waals surface area contributed by atoms with Gasteiger partial charge < -0.3 is 16.4 Å². The molecule has 0 unspecified atom stereocenters. The number of carbonyl (C=O) groups excluding carboxylic acids is 1. The Hall–Kier alpha value is -1.55. The number of benzene rings is 1. The summed E-state index contributed by atoms with van der Waals surface area (Å²) in [5.74, 6) is 0.139. The Morgan fingerprint density at radius 1 is 1.15 bits per heavy atom. The van der Waals surface area contributed by atoms with E-state index < -0.39 is 0 Å². The van der Waals surface area contributed by atoms with Gasteiger partial charge in [-0.05, 0) is 50.2 Å². The number of carbonyl (C=O) groups is 1. The zero-order valence-corrected chi connectivity index (χ0v) is 11.8. The van der Waals surface area contributed by atoms with Crippen LogP contribution >= 0.6 is 0 Å². The molecule has 4 N–H and O–H groups in total. The average Bonchev–Trinajstić information content (AvgIpc) is 2.49. The van der Waals surface area contributed by atoms with Crippen LogP contribution in [0.25, 0.3) is 0 Å². The molecule has 0 aromatic heterocycles. The molecule has 4 nitrogen and oxygen atoms in total. The zero-order valence-electron chi connectivity index (χ0n) is 11.8. The Balaban J connectivity index is 1.56. The van der Waals surface area contributed by atoms with Crippen molar-refractivity contribution in [1.29, 1.82) is 0 Å². The molecule has 1 amide bonds. The summed E-state index contributed by atoms with van der Waals surface area (Å²) in [5.41, 5.74) is 8.31. The van der Waals surface area contributed by atoms with Gasteiger partial charge in [-0.25, -0.2) is 0 Å². The maximum Gasteiger partial charge on any atom is 0.242 e. The van der Waals surface area contributed by atoms with Crippen LogP contribution in [0, 0.1) is 0 Å². The van der Waals surface area contributed by atoms with Gasteiger partial charge >= 0.3 is 0 Å². The number of hydrogen-bond acceptors (Lipinski definition) is 3. The van der Waals surface area contributed by atoms with Crippen LogP contribution in [-0.4, -0.2) is 24.0 Å². The van der Waals surface area contributed by atoms with Crippen molar-refractivity contribution >= 4 is 11.6 Å². The normalized spacial score (nSPS) is 29.1. The summed E-state index contributed by atoms with van der Waals surface area (Å²) in [6.07, 6.45) is 5.90. The summed E-state index contributed by atoms with van der Waals surface area (Å²) in [4.78, 5) is 12.4. The van der Waals surface area contributed by atoms with Crippen LogP contribution in [0.4, 0.5) is 5.69 Å². The van der Waals surface area contributed by atoms with E-state index in [4.69, 9.17) is 5.73 Å². The molecule has 1 aromatic rings. The second-order valence-electron chi connectivity index (χ2n) is 6.01.